The van der Waals surface area contributed by atoms with Gasteiger partial charge >= 0.3 is 0 Å². The van der Waals surface area contributed by atoms with Crippen molar-refractivity contribution in [1.29, 1.82) is 0 Å². The fourth-order valence-electron chi connectivity index (χ4n) is 3.18. The summed E-state index contributed by atoms with van der Waals surface area (Å²) in [5, 5.41) is 9.38. The molecule has 2 aromatic rings. The summed E-state index contributed by atoms with van der Waals surface area (Å²) in [6.07, 6.45) is 2.10. The van der Waals surface area contributed by atoms with E-state index in [-0.39, 0.29) is 12.6 Å². The number of nitrogens with two attached hydrogens (primary N) is 1. The molecule has 1 aliphatic rings. The van der Waals surface area contributed by atoms with Crippen LogP contribution in [0.5, 0.6) is 0 Å². The monoisotopic (exact) mass is 415 g/mol. The first kappa shape index (κ1) is 19.9. The van der Waals surface area contributed by atoms with Crippen molar-refractivity contribution in [2.75, 3.05) is 19.6 Å². The highest BCUT2D eigenvalue weighted by Gasteiger charge is 2.28. The number of nitrogens with zero attached hydrogens (tertiary/aromatic N) is 1. The van der Waals surface area contributed by atoms with Gasteiger partial charge in [0.05, 0.1) is 6.04 Å². The quantitative estimate of drug-likeness (QED) is 0.757. The number of hydrogen-bond donors (Lipinski definition) is 2. The van der Waals surface area contributed by atoms with Crippen molar-refractivity contribution in [2.45, 2.75) is 23.8 Å². The Balaban J connectivity index is 1.82. The predicted octanol–water partition coefficient (Wildman–Crippen LogP) is 2.24. The third-order valence-corrected chi connectivity index (χ3v) is 6.40. The van der Waals surface area contributed by atoms with E-state index in [1.807, 2.05) is 17.5 Å². The summed E-state index contributed by atoms with van der Waals surface area (Å²) in [7, 11) is -4.41. The summed E-state index contributed by atoms with van der Waals surface area (Å²) in [5.74, 6) is -3.65. The number of likely N-dealkylation sites (tertiary alicyclic amines) is 1. The minimum absolute atomic E-state index is 0.107. The fourth-order valence-corrected chi connectivity index (χ4v) is 4.65. The maximum Gasteiger partial charge on any atom is 0.257 e. The lowest BCUT2D eigenvalue weighted by Gasteiger charge is -2.27. The van der Waals surface area contributed by atoms with E-state index in [0.29, 0.717) is 6.07 Å². The number of sulfonamides is 1. The van der Waals surface area contributed by atoms with Gasteiger partial charge in [0.15, 0.2) is 5.82 Å². The maximum atomic E-state index is 14.4. The molecule has 1 saturated heterocycles. The van der Waals surface area contributed by atoms with E-state index < -0.39 is 38.0 Å². The molecule has 1 aromatic heterocycles. The van der Waals surface area contributed by atoms with Crippen LogP contribution in [0.15, 0.2) is 34.5 Å². The van der Waals surface area contributed by atoms with Crippen LogP contribution in [0, 0.1) is 11.6 Å². The van der Waals surface area contributed by atoms with Gasteiger partial charge in [-0.25, -0.2) is 22.3 Å². The molecule has 0 bridgehead atoms. The lowest BCUT2D eigenvalue weighted by Crippen LogP contribution is -2.37. The second-order valence-corrected chi connectivity index (χ2v) is 8.77. The molecule has 27 heavy (non-hydrogen) atoms. The standard InChI is InChI=1S/C17H19F2N3O3S2/c18-11-5-6-14(27(20,24)25)16(19)15(11)17(23)21-10-12(13-4-3-9-26-13)22-7-1-2-8-22/h3-6,9,12H,1-2,7-8,10H2,(H,21,23)(H2,20,24,25). The largest absolute Gasteiger partial charge is 0.350 e. The number of carbonyl (C=O) groups excluding carboxylic acids is 1. The Hall–Kier alpha value is -1.88. The van der Waals surface area contributed by atoms with Gasteiger partial charge < -0.3 is 5.32 Å². The zero-order valence-corrected chi connectivity index (χ0v) is 16.0. The van der Waals surface area contributed by atoms with E-state index in [9.17, 15) is 22.0 Å². The number of nitrogens with one attached hydrogen (secondary N) is 1. The van der Waals surface area contributed by atoms with E-state index in [0.717, 1.165) is 36.9 Å². The number of thiophene rings is 1. The van der Waals surface area contributed by atoms with Gasteiger partial charge in [0.1, 0.15) is 16.3 Å². The van der Waals surface area contributed by atoms with Gasteiger partial charge in [0.25, 0.3) is 5.91 Å². The Morgan fingerprint density at radius 1 is 1.26 bits per heavy atom. The molecule has 3 N–H and O–H groups in total. The second-order valence-electron chi connectivity index (χ2n) is 6.26. The molecule has 1 aliphatic heterocycles. The molecule has 10 heteroatoms. The van der Waals surface area contributed by atoms with Crippen LogP contribution < -0.4 is 10.5 Å². The predicted molar refractivity (Wildman–Crippen MR) is 97.9 cm³/mol. The van der Waals surface area contributed by atoms with Crippen molar-refractivity contribution in [1.82, 2.24) is 10.2 Å². The number of carbonyl (C=O) groups is 1. The third-order valence-electron chi connectivity index (χ3n) is 4.50. The minimum Gasteiger partial charge on any atom is -0.350 e. The molecule has 146 valence electrons. The van der Waals surface area contributed by atoms with Gasteiger partial charge in [0, 0.05) is 11.4 Å². The van der Waals surface area contributed by atoms with Gasteiger partial charge in [-0.1, -0.05) is 6.07 Å². The summed E-state index contributed by atoms with van der Waals surface area (Å²) in [4.78, 5) is 14.7. The highest BCUT2D eigenvalue weighted by molar-refractivity contribution is 7.89. The summed E-state index contributed by atoms with van der Waals surface area (Å²) in [6.45, 7) is 1.90. The zero-order valence-electron chi connectivity index (χ0n) is 14.3. The van der Waals surface area contributed by atoms with E-state index in [2.05, 4.69) is 10.2 Å². The normalized spacial score (nSPS) is 16.4. The molecular formula is C17H19F2N3O3S2. The van der Waals surface area contributed by atoms with Crippen LogP contribution in [0.1, 0.15) is 34.1 Å². The highest BCUT2D eigenvalue weighted by Crippen LogP contribution is 2.28. The number of primary sulfonamides is 1. The molecule has 0 aliphatic carbocycles. The van der Waals surface area contributed by atoms with Gasteiger partial charge in [-0.2, -0.15) is 0 Å². The summed E-state index contributed by atoms with van der Waals surface area (Å²) in [5.41, 5.74) is -0.951. The molecule has 3 rings (SSSR count). The number of benzene rings is 1. The van der Waals surface area contributed by atoms with Gasteiger partial charge in [-0.15, -0.1) is 11.3 Å². The van der Waals surface area contributed by atoms with Crippen LogP contribution in [0.25, 0.3) is 0 Å². The number of hydrogen-bond acceptors (Lipinski definition) is 5. The smallest absolute Gasteiger partial charge is 0.257 e. The van der Waals surface area contributed by atoms with Gasteiger partial charge in [-0.3, -0.25) is 9.69 Å². The first-order chi connectivity index (χ1) is 12.8. The Morgan fingerprint density at radius 3 is 2.56 bits per heavy atom. The Bertz CT molecular complexity index is 927. The van der Waals surface area contributed by atoms with Gasteiger partial charge in [-0.05, 0) is 49.5 Å². The zero-order chi connectivity index (χ0) is 19.6. The molecule has 1 amide bonds. The molecule has 1 unspecified atom stereocenters. The average Bonchev–Trinajstić information content (AvgIpc) is 3.28. The van der Waals surface area contributed by atoms with Crippen LogP contribution in [0.2, 0.25) is 0 Å². The van der Waals surface area contributed by atoms with Crippen LogP contribution in [-0.2, 0) is 10.0 Å². The van der Waals surface area contributed by atoms with Crippen LogP contribution >= 0.6 is 11.3 Å². The average molecular weight is 415 g/mol. The summed E-state index contributed by atoms with van der Waals surface area (Å²) >= 11 is 1.54. The van der Waals surface area contributed by atoms with Crippen molar-refractivity contribution >= 4 is 27.3 Å². The Kier molecular flexibility index (Phi) is 5.89. The van der Waals surface area contributed by atoms with Crippen LogP contribution in [0.4, 0.5) is 8.78 Å². The molecule has 1 aromatic carbocycles. The summed E-state index contributed by atoms with van der Waals surface area (Å²) in [6, 6.07) is 5.16. The lowest BCUT2D eigenvalue weighted by atomic mass is 10.1. The SMILES string of the molecule is NS(=O)(=O)c1ccc(F)c(C(=O)NCC(c2cccs2)N2CCCC2)c1F. The molecule has 0 radical (unpaired) electrons. The molecule has 1 atom stereocenters. The van der Waals surface area contributed by atoms with E-state index in [4.69, 9.17) is 5.14 Å². The topological polar surface area (TPSA) is 92.5 Å². The van der Waals surface area contributed by atoms with E-state index >= 15 is 0 Å². The van der Waals surface area contributed by atoms with Crippen molar-refractivity contribution in [2.24, 2.45) is 5.14 Å². The number of amides is 1. The highest BCUT2D eigenvalue weighted by atomic mass is 32.2. The fraction of sp³-hybridized carbons (Fsp3) is 0.353. The number of rotatable bonds is 6. The van der Waals surface area contributed by atoms with Crippen molar-refractivity contribution in [3.63, 3.8) is 0 Å². The van der Waals surface area contributed by atoms with Crippen molar-refractivity contribution in [3.05, 3.63) is 51.7 Å². The Labute approximate surface area is 160 Å². The third kappa shape index (κ3) is 4.34. The number of halogens is 2. The van der Waals surface area contributed by atoms with Crippen LogP contribution in [-0.4, -0.2) is 38.9 Å². The molecule has 0 spiro atoms. The second kappa shape index (κ2) is 8.01. The van der Waals surface area contributed by atoms with Crippen LogP contribution in [0.3, 0.4) is 0 Å². The Morgan fingerprint density at radius 2 is 1.96 bits per heavy atom. The molecule has 6 nitrogen and oxygen atoms in total. The van der Waals surface area contributed by atoms with Gasteiger partial charge in [0.2, 0.25) is 10.0 Å². The molecule has 1 fully saturated rings. The van der Waals surface area contributed by atoms with Crippen molar-refractivity contribution in [3.8, 4) is 0 Å². The lowest BCUT2D eigenvalue weighted by molar-refractivity contribution is 0.0929. The van der Waals surface area contributed by atoms with E-state index in [1.165, 1.54) is 0 Å². The first-order valence-electron chi connectivity index (χ1n) is 8.35. The van der Waals surface area contributed by atoms with E-state index in [1.54, 1.807) is 11.3 Å². The summed E-state index contributed by atoms with van der Waals surface area (Å²) < 4.78 is 51.3. The molecule has 0 saturated carbocycles. The molecule has 2 heterocycles. The van der Waals surface area contributed by atoms with Crippen molar-refractivity contribution < 1.29 is 22.0 Å². The first-order valence-corrected chi connectivity index (χ1v) is 10.8. The molecular weight excluding hydrogens is 396 g/mol. The maximum absolute atomic E-state index is 14.4. The minimum atomic E-state index is -4.41.